The normalized spacial score (nSPS) is 12.9. The lowest BCUT2D eigenvalue weighted by Gasteiger charge is -2.18. The maximum atomic E-state index is 12.9. The molecular formula is C69H114O6. The van der Waals surface area contributed by atoms with Crippen molar-refractivity contribution < 1.29 is 28.6 Å². The van der Waals surface area contributed by atoms with Crippen molar-refractivity contribution in [3.8, 4) is 0 Å². The fraction of sp³-hybridized carbons (Fsp3) is 0.667. The standard InChI is InChI=1S/C69H114O6/c1-4-7-10-13-16-19-22-25-27-29-31-32-33-34-35-36-38-39-41-44-47-50-53-56-59-62-68(71)74-65-66(64-73-67(70)61-58-55-52-49-46-43-24-21-18-15-12-9-6-3)75-69(72)63-60-57-54-51-48-45-42-40-37-30-28-26-23-20-17-14-11-8-5-2/h7-8,10-11,16-17,19-21,24-28,31-32,37,40,45,48,66H,4-6,9,12-15,18,22-23,29-30,33-36,38-39,41-44,46-47,49-65H2,1-3H3/b10-7-,11-8-,19-16-,20-17-,24-21-,27-25-,28-26-,32-31-,40-37-,48-45-. The van der Waals surface area contributed by atoms with Crippen LogP contribution in [0.1, 0.15) is 278 Å². The van der Waals surface area contributed by atoms with E-state index in [0.717, 1.165) is 135 Å². The van der Waals surface area contributed by atoms with Crippen molar-refractivity contribution in [1.29, 1.82) is 0 Å². The zero-order valence-corrected chi connectivity index (χ0v) is 48.8. The van der Waals surface area contributed by atoms with E-state index in [-0.39, 0.29) is 37.5 Å². The summed E-state index contributed by atoms with van der Waals surface area (Å²) in [6.45, 7) is 6.37. The Morgan fingerprint density at radius 2 is 0.520 bits per heavy atom. The summed E-state index contributed by atoms with van der Waals surface area (Å²) in [6.07, 6.45) is 86.3. The average Bonchev–Trinajstić information content (AvgIpc) is 3.41. The first-order chi connectivity index (χ1) is 37.0. The summed E-state index contributed by atoms with van der Waals surface area (Å²) in [5.74, 6) is -0.937. The largest absolute Gasteiger partial charge is 0.462 e. The topological polar surface area (TPSA) is 78.9 Å². The molecule has 0 heterocycles. The molecule has 75 heavy (non-hydrogen) atoms. The first-order valence-corrected chi connectivity index (χ1v) is 31.0. The van der Waals surface area contributed by atoms with E-state index in [0.29, 0.717) is 12.8 Å². The molecule has 1 unspecified atom stereocenters. The van der Waals surface area contributed by atoms with E-state index >= 15 is 0 Å². The van der Waals surface area contributed by atoms with E-state index in [9.17, 15) is 14.4 Å². The van der Waals surface area contributed by atoms with Gasteiger partial charge in [0.15, 0.2) is 6.10 Å². The van der Waals surface area contributed by atoms with Crippen LogP contribution in [0.25, 0.3) is 0 Å². The Balaban J connectivity index is 4.38. The minimum atomic E-state index is -0.803. The highest BCUT2D eigenvalue weighted by atomic mass is 16.6. The van der Waals surface area contributed by atoms with Crippen molar-refractivity contribution in [3.05, 3.63) is 122 Å². The minimum Gasteiger partial charge on any atom is -0.462 e. The summed E-state index contributed by atoms with van der Waals surface area (Å²) in [7, 11) is 0. The summed E-state index contributed by atoms with van der Waals surface area (Å²) in [5.41, 5.74) is 0. The molecular weight excluding hydrogens is 925 g/mol. The van der Waals surface area contributed by atoms with Gasteiger partial charge in [-0.15, -0.1) is 0 Å². The van der Waals surface area contributed by atoms with Crippen molar-refractivity contribution in [1.82, 2.24) is 0 Å². The molecule has 0 saturated carbocycles. The number of hydrogen-bond donors (Lipinski definition) is 0. The van der Waals surface area contributed by atoms with Gasteiger partial charge in [0.25, 0.3) is 0 Å². The number of esters is 3. The number of carbonyl (C=O) groups excluding carboxylic acids is 3. The van der Waals surface area contributed by atoms with Crippen LogP contribution >= 0.6 is 0 Å². The first kappa shape index (κ1) is 70.8. The highest BCUT2D eigenvalue weighted by Crippen LogP contribution is 2.15. The van der Waals surface area contributed by atoms with Crippen molar-refractivity contribution in [3.63, 3.8) is 0 Å². The molecule has 0 rings (SSSR count). The molecule has 0 spiro atoms. The third-order valence-corrected chi connectivity index (χ3v) is 12.9. The summed E-state index contributed by atoms with van der Waals surface area (Å²) < 4.78 is 16.9. The monoisotopic (exact) mass is 1040 g/mol. The van der Waals surface area contributed by atoms with Gasteiger partial charge >= 0.3 is 17.9 Å². The fourth-order valence-corrected chi connectivity index (χ4v) is 8.34. The molecule has 0 saturated heterocycles. The predicted molar refractivity (Wildman–Crippen MR) is 325 cm³/mol. The number of unbranched alkanes of at least 4 members (excludes halogenated alkanes) is 24. The number of carbonyl (C=O) groups is 3. The van der Waals surface area contributed by atoms with Gasteiger partial charge in [-0.1, -0.05) is 251 Å². The van der Waals surface area contributed by atoms with Crippen LogP contribution in [-0.4, -0.2) is 37.2 Å². The quantitative estimate of drug-likeness (QED) is 0.0261. The van der Waals surface area contributed by atoms with Crippen LogP contribution in [0.15, 0.2) is 122 Å². The van der Waals surface area contributed by atoms with Gasteiger partial charge in [0.1, 0.15) is 13.2 Å². The maximum absolute atomic E-state index is 12.9. The second kappa shape index (κ2) is 62.4. The molecule has 0 N–H and O–H groups in total. The Kier molecular flexibility index (Phi) is 58.9. The predicted octanol–water partition coefficient (Wildman–Crippen LogP) is 21.2. The van der Waals surface area contributed by atoms with E-state index in [4.69, 9.17) is 14.2 Å². The molecule has 6 nitrogen and oxygen atoms in total. The van der Waals surface area contributed by atoms with Gasteiger partial charge in [-0.25, -0.2) is 0 Å². The van der Waals surface area contributed by atoms with Crippen molar-refractivity contribution in [2.24, 2.45) is 0 Å². The molecule has 0 aromatic carbocycles. The summed E-state index contributed by atoms with van der Waals surface area (Å²) in [4.78, 5) is 38.3. The van der Waals surface area contributed by atoms with Gasteiger partial charge in [-0.3, -0.25) is 14.4 Å². The Bertz CT molecular complexity index is 1570. The van der Waals surface area contributed by atoms with Crippen LogP contribution in [0.5, 0.6) is 0 Å². The van der Waals surface area contributed by atoms with Crippen molar-refractivity contribution >= 4 is 17.9 Å². The van der Waals surface area contributed by atoms with E-state index < -0.39 is 6.10 Å². The van der Waals surface area contributed by atoms with Crippen LogP contribution in [0.3, 0.4) is 0 Å². The molecule has 6 heteroatoms. The third-order valence-electron chi connectivity index (χ3n) is 12.9. The summed E-state index contributed by atoms with van der Waals surface area (Å²) >= 11 is 0. The lowest BCUT2D eigenvalue weighted by atomic mass is 10.0. The molecule has 0 aromatic rings. The number of hydrogen-bond acceptors (Lipinski definition) is 6. The van der Waals surface area contributed by atoms with Crippen LogP contribution in [-0.2, 0) is 28.6 Å². The molecule has 0 fully saturated rings. The lowest BCUT2D eigenvalue weighted by molar-refractivity contribution is -0.167. The zero-order chi connectivity index (χ0) is 54.3. The highest BCUT2D eigenvalue weighted by Gasteiger charge is 2.19. The minimum absolute atomic E-state index is 0.0968. The third kappa shape index (κ3) is 60.6. The summed E-state index contributed by atoms with van der Waals surface area (Å²) in [6, 6.07) is 0. The molecule has 0 aliphatic rings. The highest BCUT2D eigenvalue weighted by molar-refractivity contribution is 5.71. The van der Waals surface area contributed by atoms with Gasteiger partial charge in [0.2, 0.25) is 0 Å². The Hall–Kier alpha value is -4.19. The second-order valence-corrected chi connectivity index (χ2v) is 20.2. The SMILES string of the molecule is CC/C=C\C/C=C\C/C=C\C/C=C\C/C=C\CCCCCC(=O)OC(COC(=O)CCCCCCC/C=C\CCCCCC)COC(=O)CCCCCCCCCCCCCC/C=C\C/C=C\C/C=C\C/C=C\CC. The molecule has 0 radical (unpaired) electrons. The van der Waals surface area contributed by atoms with E-state index in [1.54, 1.807) is 0 Å². The lowest BCUT2D eigenvalue weighted by Crippen LogP contribution is -2.30. The Labute approximate surface area is 462 Å². The van der Waals surface area contributed by atoms with Crippen LogP contribution in [0.4, 0.5) is 0 Å². The molecule has 426 valence electrons. The first-order valence-electron chi connectivity index (χ1n) is 31.0. The van der Waals surface area contributed by atoms with Crippen LogP contribution in [0.2, 0.25) is 0 Å². The van der Waals surface area contributed by atoms with Gasteiger partial charge in [0, 0.05) is 19.3 Å². The van der Waals surface area contributed by atoms with Crippen LogP contribution < -0.4 is 0 Å². The smallest absolute Gasteiger partial charge is 0.306 e. The number of rotatable bonds is 55. The van der Waals surface area contributed by atoms with Crippen molar-refractivity contribution in [2.75, 3.05) is 13.2 Å². The van der Waals surface area contributed by atoms with E-state index in [2.05, 4.69) is 142 Å². The van der Waals surface area contributed by atoms with Crippen LogP contribution in [0, 0.1) is 0 Å². The second-order valence-electron chi connectivity index (χ2n) is 20.2. The molecule has 1 atom stereocenters. The van der Waals surface area contributed by atoms with Gasteiger partial charge in [-0.2, -0.15) is 0 Å². The average molecular weight is 1040 g/mol. The van der Waals surface area contributed by atoms with E-state index in [1.165, 1.54) is 103 Å². The van der Waals surface area contributed by atoms with E-state index in [1.807, 2.05) is 0 Å². The molecule has 0 aliphatic carbocycles. The Morgan fingerprint density at radius 3 is 0.840 bits per heavy atom. The zero-order valence-electron chi connectivity index (χ0n) is 48.8. The fourth-order valence-electron chi connectivity index (χ4n) is 8.34. The molecule has 0 bridgehead atoms. The van der Waals surface area contributed by atoms with Crippen molar-refractivity contribution in [2.45, 2.75) is 284 Å². The van der Waals surface area contributed by atoms with Gasteiger partial charge < -0.3 is 14.2 Å². The Morgan fingerprint density at radius 1 is 0.280 bits per heavy atom. The molecule has 0 amide bonds. The summed E-state index contributed by atoms with van der Waals surface area (Å²) in [5, 5.41) is 0. The molecule has 0 aliphatic heterocycles. The van der Waals surface area contributed by atoms with Gasteiger partial charge in [0.05, 0.1) is 0 Å². The number of ether oxygens (including phenoxy) is 3. The van der Waals surface area contributed by atoms with Gasteiger partial charge in [-0.05, 0) is 128 Å². The number of allylic oxidation sites excluding steroid dienone is 20. The molecule has 0 aromatic heterocycles. The maximum Gasteiger partial charge on any atom is 0.306 e.